The van der Waals surface area contributed by atoms with Crippen LogP contribution in [0.5, 0.6) is 0 Å². The largest absolute Gasteiger partial charge is 0.396 e. The van der Waals surface area contributed by atoms with Crippen molar-refractivity contribution in [3.05, 3.63) is 12.5 Å². The number of hydrogen-bond donors (Lipinski definition) is 2. The van der Waals surface area contributed by atoms with Crippen molar-refractivity contribution in [1.29, 1.82) is 0 Å². The van der Waals surface area contributed by atoms with E-state index in [0.29, 0.717) is 5.92 Å². The highest BCUT2D eigenvalue weighted by atomic mass is 16.3. The van der Waals surface area contributed by atoms with E-state index >= 15 is 0 Å². The second kappa shape index (κ2) is 3.96. The van der Waals surface area contributed by atoms with Crippen LogP contribution in [0.4, 0.5) is 5.95 Å². The van der Waals surface area contributed by atoms with Crippen molar-refractivity contribution in [2.45, 2.75) is 25.3 Å². The van der Waals surface area contributed by atoms with Crippen molar-refractivity contribution in [3.8, 4) is 0 Å². The summed E-state index contributed by atoms with van der Waals surface area (Å²) < 4.78 is 2.03. The SMILES string of the molecule is Nc1ncc2ncn([C@H]3CCC[C@H]3CO)c2n1. The number of aliphatic hydroxyl groups excluding tert-OH is 1. The molecule has 1 aliphatic rings. The number of nitrogen functional groups attached to an aromatic ring is 1. The minimum absolute atomic E-state index is 0.213. The van der Waals surface area contributed by atoms with E-state index in [1.165, 1.54) is 0 Å². The fraction of sp³-hybridized carbons (Fsp3) is 0.545. The van der Waals surface area contributed by atoms with E-state index in [9.17, 15) is 5.11 Å². The lowest BCUT2D eigenvalue weighted by molar-refractivity contribution is 0.197. The van der Waals surface area contributed by atoms with Crippen LogP contribution in [0.25, 0.3) is 11.2 Å². The van der Waals surface area contributed by atoms with Crippen LogP contribution in [0, 0.1) is 5.92 Å². The normalized spacial score (nSPS) is 24.5. The van der Waals surface area contributed by atoms with Gasteiger partial charge in [0.25, 0.3) is 0 Å². The molecule has 2 heterocycles. The minimum atomic E-state index is 0.213. The predicted octanol–water partition coefficient (Wildman–Crippen LogP) is 0.742. The predicted molar refractivity (Wildman–Crippen MR) is 63.2 cm³/mol. The summed E-state index contributed by atoms with van der Waals surface area (Å²) in [5.41, 5.74) is 7.12. The highest BCUT2D eigenvalue weighted by Crippen LogP contribution is 2.36. The lowest BCUT2D eigenvalue weighted by Gasteiger charge is -2.19. The van der Waals surface area contributed by atoms with Gasteiger partial charge in [0, 0.05) is 18.6 Å². The van der Waals surface area contributed by atoms with Crippen molar-refractivity contribution in [3.63, 3.8) is 0 Å². The Morgan fingerprint density at radius 1 is 1.41 bits per heavy atom. The molecule has 0 radical (unpaired) electrons. The van der Waals surface area contributed by atoms with Gasteiger partial charge in [0.15, 0.2) is 5.65 Å². The van der Waals surface area contributed by atoms with Gasteiger partial charge in [-0.15, -0.1) is 0 Å². The van der Waals surface area contributed by atoms with Crippen molar-refractivity contribution in [2.75, 3.05) is 12.3 Å². The first-order valence-corrected chi connectivity index (χ1v) is 5.85. The molecule has 0 saturated heterocycles. The van der Waals surface area contributed by atoms with Gasteiger partial charge in [-0.05, 0) is 12.8 Å². The molecule has 17 heavy (non-hydrogen) atoms. The molecule has 90 valence electrons. The molecule has 1 aliphatic carbocycles. The van der Waals surface area contributed by atoms with Crippen LogP contribution in [0.2, 0.25) is 0 Å². The average Bonchev–Trinajstić information content (AvgIpc) is 2.93. The van der Waals surface area contributed by atoms with E-state index in [2.05, 4.69) is 15.0 Å². The molecular formula is C11H15N5O. The maximum Gasteiger partial charge on any atom is 0.222 e. The van der Waals surface area contributed by atoms with Gasteiger partial charge in [-0.3, -0.25) is 0 Å². The third kappa shape index (κ3) is 1.64. The van der Waals surface area contributed by atoms with Gasteiger partial charge < -0.3 is 15.4 Å². The van der Waals surface area contributed by atoms with E-state index in [4.69, 9.17) is 5.73 Å². The van der Waals surface area contributed by atoms with Gasteiger partial charge in [0.2, 0.25) is 5.95 Å². The maximum atomic E-state index is 9.37. The number of hydrogen-bond acceptors (Lipinski definition) is 5. The number of aromatic nitrogens is 4. The molecule has 0 aliphatic heterocycles. The Labute approximate surface area is 98.5 Å². The van der Waals surface area contributed by atoms with E-state index in [1.807, 2.05) is 4.57 Å². The zero-order valence-corrected chi connectivity index (χ0v) is 9.45. The molecule has 0 amide bonds. The summed E-state index contributed by atoms with van der Waals surface area (Å²) in [5, 5.41) is 9.37. The lowest BCUT2D eigenvalue weighted by atomic mass is 10.1. The molecule has 2 aromatic rings. The molecule has 0 unspecified atom stereocenters. The third-order valence-corrected chi connectivity index (χ3v) is 3.55. The first-order valence-electron chi connectivity index (χ1n) is 5.85. The number of fused-ring (bicyclic) bond motifs is 1. The zero-order chi connectivity index (χ0) is 11.8. The molecule has 2 atom stereocenters. The van der Waals surface area contributed by atoms with Gasteiger partial charge in [-0.1, -0.05) is 6.42 Å². The van der Waals surface area contributed by atoms with Crippen molar-refractivity contribution < 1.29 is 5.11 Å². The highest BCUT2D eigenvalue weighted by molar-refractivity contribution is 5.70. The molecule has 6 heteroatoms. The van der Waals surface area contributed by atoms with Crippen LogP contribution in [0.15, 0.2) is 12.5 Å². The molecule has 1 fully saturated rings. The summed E-state index contributed by atoms with van der Waals surface area (Å²) in [6, 6.07) is 0.277. The minimum Gasteiger partial charge on any atom is -0.396 e. The smallest absolute Gasteiger partial charge is 0.222 e. The van der Waals surface area contributed by atoms with Crippen molar-refractivity contribution >= 4 is 17.1 Å². The summed E-state index contributed by atoms with van der Waals surface area (Å²) in [4.78, 5) is 12.4. The lowest BCUT2D eigenvalue weighted by Crippen LogP contribution is -2.17. The number of nitrogens with zero attached hydrogens (tertiary/aromatic N) is 4. The van der Waals surface area contributed by atoms with Crippen molar-refractivity contribution in [1.82, 2.24) is 19.5 Å². The second-order valence-electron chi connectivity index (χ2n) is 4.53. The number of anilines is 1. The zero-order valence-electron chi connectivity index (χ0n) is 9.45. The summed E-state index contributed by atoms with van der Waals surface area (Å²) in [6.45, 7) is 0.213. The van der Waals surface area contributed by atoms with Crippen LogP contribution >= 0.6 is 0 Å². The molecule has 0 spiro atoms. The molecule has 0 aromatic carbocycles. The first kappa shape index (κ1) is 10.5. The fourth-order valence-corrected chi connectivity index (χ4v) is 2.68. The topological polar surface area (TPSA) is 89.8 Å². The summed E-state index contributed by atoms with van der Waals surface area (Å²) in [5.74, 6) is 0.557. The van der Waals surface area contributed by atoms with Gasteiger partial charge in [-0.25, -0.2) is 9.97 Å². The fourth-order valence-electron chi connectivity index (χ4n) is 2.68. The number of nitrogens with two attached hydrogens (primary N) is 1. The van der Waals surface area contributed by atoms with Crippen molar-refractivity contribution in [2.24, 2.45) is 5.92 Å². The average molecular weight is 233 g/mol. The highest BCUT2D eigenvalue weighted by Gasteiger charge is 2.29. The second-order valence-corrected chi connectivity index (χ2v) is 4.53. The first-order chi connectivity index (χ1) is 8.29. The Morgan fingerprint density at radius 2 is 2.29 bits per heavy atom. The molecule has 3 N–H and O–H groups in total. The number of imidazole rings is 1. The summed E-state index contributed by atoms with van der Waals surface area (Å²) >= 11 is 0. The van der Waals surface area contributed by atoms with Gasteiger partial charge in [-0.2, -0.15) is 4.98 Å². The quantitative estimate of drug-likeness (QED) is 0.798. The van der Waals surface area contributed by atoms with Crippen LogP contribution in [0.3, 0.4) is 0 Å². The van der Waals surface area contributed by atoms with E-state index in [1.54, 1.807) is 12.5 Å². The summed E-state index contributed by atoms with van der Waals surface area (Å²) in [7, 11) is 0. The monoisotopic (exact) mass is 233 g/mol. The van der Waals surface area contributed by atoms with Crippen LogP contribution in [-0.4, -0.2) is 31.2 Å². The molecule has 6 nitrogen and oxygen atoms in total. The molecule has 1 saturated carbocycles. The van der Waals surface area contributed by atoms with E-state index < -0.39 is 0 Å². The van der Waals surface area contributed by atoms with Gasteiger partial charge >= 0.3 is 0 Å². The molecular weight excluding hydrogens is 218 g/mol. The number of aliphatic hydroxyl groups is 1. The van der Waals surface area contributed by atoms with Gasteiger partial charge in [0.1, 0.15) is 5.52 Å². The maximum absolute atomic E-state index is 9.37. The Morgan fingerprint density at radius 3 is 3.12 bits per heavy atom. The molecule has 3 rings (SSSR count). The van der Waals surface area contributed by atoms with Crippen LogP contribution in [0.1, 0.15) is 25.3 Å². The van der Waals surface area contributed by atoms with Crippen LogP contribution in [-0.2, 0) is 0 Å². The molecule has 2 aromatic heterocycles. The third-order valence-electron chi connectivity index (χ3n) is 3.55. The number of rotatable bonds is 2. The Kier molecular flexibility index (Phi) is 2.44. The van der Waals surface area contributed by atoms with E-state index in [0.717, 1.165) is 30.4 Å². The Bertz CT molecular complexity index is 538. The summed E-state index contributed by atoms with van der Waals surface area (Å²) in [6.07, 6.45) is 6.66. The molecule has 0 bridgehead atoms. The Balaban J connectivity index is 2.07. The Hall–Kier alpha value is -1.69. The standard InChI is InChI=1S/C11H15N5O/c12-11-13-4-8-10(15-11)16(6-14-8)9-3-1-2-7(9)5-17/h4,6-7,9,17H,1-3,5H2,(H2,12,13,15)/t7-,9-/m0/s1. The van der Waals surface area contributed by atoms with Crippen LogP contribution < -0.4 is 5.73 Å². The van der Waals surface area contributed by atoms with E-state index in [-0.39, 0.29) is 18.6 Å². The van der Waals surface area contributed by atoms with Gasteiger partial charge in [0.05, 0.1) is 12.5 Å².